The predicted molar refractivity (Wildman–Crippen MR) is 78.6 cm³/mol. The summed E-state index contributed by atoms with van der Waals surface area (Å²) in [5.41, 5.74) is 3.00. The average molecular weight is 279 g/mol. The van der Waals surface area contributed by atoms with E-state index in [0.717, 1.165) is 29.6 Å². The molecule has 0 bridgehead atoms. The van der Waals surface area contributed by atoms with Gasteiger partial charge in [0.1, 0.15) is 5.52 Å². The number of pyridine rings is 1. The Bertz CT molecular complexity index is 807. The fourth-order valence-corrected chi connectivity index (χ4v) is 2.21. The number of carbonyl (C=O) groups is 1. The molecule has 1 aliphatic carbocycles. The van der Waals surface area contributed by atoms with Gasteiger partial charge in [-0.2, -0.15) is 0 Å². The summed E-state index contributed by atoms with van der Waals surface area (Å²) in [7, 11) is 0. The van der Waals surface area contributed by atoms with Crippen LogP contribution in [0.3, 0.4) is 0 Å². The zero-order chi connectivity index (χ0) is 14.2. The first-order chi connectivity index (χ1) is 10.3. The molecular weight excluding hydrogens is 266 g/mol. The SMILES string of the molecule is O=C(Nc1ccc2oc(-c3cccnc3)nc2c1)C1CC1. The van der Waals surface area contributed by atoms with Gasteiger partial charge in [0.25, 0.3) is 0 Å². The molecule has 0 aliphatic heterocycles. The largest absolute Gasteiger partial charge is 0.436 e. The number of fused-ring (bicyclic) bond motifs is 1. The van der Waals surface area contributed by atoms with Gasteiger partial charge in [0, 0.05) is 24.0 Å². The number of oxazole rings is 1. The lowest BCUT2D eigenvalue weighted by atomic mass is 10.2. The highest BCUT2D eigenvalue weighted by Gasteiger charge is 2.29. The summed E-state index contributed by atoms with van der Waals surface area (Å²) >= 11 is 0. The smallest absolute Gasteiger partial charge is 0.228 e. The predicted octanol–water partition coefficient (Wildman–Crippen LogP) is 3.24. The molecule has 21 heavy (non-hydrogen) atoms. The van der Waals surface area contributed by atoms with Crippen LogP contribution in [0.25, 0.3) is 22.6 Å². The van der Waals surface area contributed by atoms with Crippen molar-refractivity contribution < 1.29 is 9.21 Å². The molecule has 1 saturated carbocycles. The molecule has 4 rings (SSSR count). The Kier molecular flexibility index (Phi) is 2.70. The number of anilines is 1. The normalized spacial score (nSPS) is 14.3. The van der Waals surface area contributed by atoms with Crippen molar-refractivity contribution in [3.8, 4) is 11.5 Å². The van der Waals surface area contributed by atoms with Crippen molar-refractivity contribution in [2.75, 3.05) is 5.32 Å². The van der Waals surface area contributed by atoms with Gasteiger partial charge < -0.3 is 9.73 Å². The topological polar surface area (TPSA) is 68.0 Å². The van der Waals surface area contributed by atoms with E-state index in [1.807, 2.05) is 30.3 Å². The van der Waals surface area contributed by atoms with Crippen molar-refractivity contribution >= 4 is 22.7 Å². The third kappa shape index (κ3) is 2.38. The third-order valence-electron chi connectivity index (χ3n) is 3.51. The van der Waals surface area contributed by atoms with E-state index in [9.17, 15) is 4.79 Å². The van der Waals surface area contributed by atoms with Crippen molar-refractivity contribution in [3.63, 3.8) is 0 Å². The zero-order valence-corrected chi connectivity index (χ0v) is 11.2. The van der Waals surface area contributed by atoms with Crippen LogP contribution in [0.5, 0.6) is 0 Å². The van der Waals surface area contributed by atoms with Crippen LogP contribution in [0.1, 0.15) is 12.8 Å². The number of rotatable bonds is 3. The quantitative estimate of drug-likeness (QED) is 0.799. The highest BCUT2D eigenvalue weighted by molar-refractivity contribution is 5.95. The molecule has 1 amide bonds. The highest BCUT2D eigenvalue weighted by atomic mass is 16.3. The second-order valence-electron chi connectivity index (χ2n) is 5.21. The third-order valence-corrected chi connectivity index (χ3v) is 3.51. The Morgan fingerprint density at radius 3 is 2.95 bits per heavy atom. The van der Waals surface area contributed by atoms with Crippen LogP contribution in [0.2, 0.25) is 0 Å². The molecule has 5 heteroatoms. The lowest BCUT2D eigenvalue weighted by Gasteiger charge is -2.02. The first kappa shape index (κ1) is 12.1. The van der Waals surface area contributed by atoms with E-state index >= 15 is 0 Å². The lowest BCUT2D eigenvalue weighted by Crippen LogP contribution is -2.12. The van der Waals surface area contributed by atoms with E-state index in [4.69, 9.17) is 4.42 Å². The molecule has 0 atom stereocenters. The van der Waals surface area contributed by atoms with E-state index in [0.29, 0.717) is 11.5 Å². The van der Waals surface area contributed by atoms with Crippen molar-refractivity contribution in [1.29, 1.82) is 0 Å². The van der Waals surface area contributed by atoms with Crippen LogP contribution < -0.4 is 5.32 Å². The molecule has 0 spiro atoms. The summed E-state index contributed by atoms with van der Waals surface area (Å²) in [5, 5.41) is 2.91. The Morgan fingerprint density at radius 2 is 2.19 bits per heavy atom. The van der Waals surface area contributed by atoms with Crippen molar-refractivity contribution in [2.45, 2.75) is 12.8 Å². The number of amides is 1. The minimum absolute atomic E-state index is 0.0883. The molecule has 1 N–H and O–H groups in total. The maximum Gasteiger partial charge on any atom is 0.228 e. The van der Waals surface area contributed by atoms with Crippen LogP contribution >= 0.6 is 0 Å². The maximum absolute atomic E-state index is 11.8. The molecule has 0 unspecified atom stereocenters. The molecule has 104 valence electrons. The first-order valence-electron chi connectivity index (χ1n) is 6.91. The van der Waals surface area contributed by atoms with E-state index in [-0.39, 0.29) is 11.8 Å². The van der Waals surface area contributed by atoms with Crippen LogP contribution in [0.4, 0.5) is 5.69 Å². The number of benzene rings is 1. The lowest BCUT2D eigenvalue weighted by molar-refractivity contribution is -0.117. The monoisotopic (exact) mass is 279 g/mol. The van der Waals surface area contributed by atoms with Crippen molar-refractivity contribution in [3.05, 3.63) is 42.7 Å². The molecule has 3 aromatic rings. The summed E-state index contributed by atoms with van der Waals surface area (Å²) in [6.07, 6.45) is 5.39. The molecule has 0 radical (unpaired) electrons. The van der Waals surface area contributed by atoms with Gasteiger partial charge in [-0.3, -0.25) is 9.78 Å². The van der Waals surface area contributed by atoms with Gasteiger partial charge in [-0.05, 0) is 43.2 Å². The van der Waals surface area contributed by atoms with Crippen molar-refractivity contribution in [2.24, 2.45) is 5.92 Å². The second-order valence-corrected chi connectivity index (χ2v) is 5.21. The number of nitrogens with one attached hydrogen (secondary N) is 1. The molecule has 1 aromatic carbocycles. The number of hydrogen-bond acceptors (Lipinski definition) is 4. The van der Waals surface area contributed by atoms with E-state index in [1.54, 1.807) is 12.4 Å². The zero-order valence-electron chi connectivity index (χ0n) is 11.2. The fourth-order valence-electron chi connectivity index (χ4n) is 2.21. The van der Waals surface area contributed by atoms with E-state index in [2.05, 4.69) is 15.3 Å². The standard InChI is InChI=1S/C16H13N3O2/c20-15(10-3-4-10)18-12-5-6-14-13(8-12)19-16(21-14)11-2-1-7-17-9-11/h1-2,5-10H,3-4H2,(H,18,20). The van der Waals surface area contributed by atoms with Gasteiger partial charge in [0.2, 0.25) is 11.8 Å². The molecule has 1 fully saturated rings. The van der Waals surface area contributed by atoms with Gasteiger partial charge in [0.15, 0.2) is 5.58 Å². The number of nitrogens with zero attached hydrogens (tertiary/aromatic N) is 2. The summed E-state index contributed by atoms with van der Waals surface area (Å²) in [5.74, 6) is 0.804. The summed E-state index contributed by atoms with van der Waals surface area (Å²) < 4.78 is 5.71. The van der Waals surface area contributed by atoms with Gasteiger partial charge in [0.05, 0.1) is 5.56 Å². The van der Waals surface area contributed by atoms with E-state index < -0.39 is 0 Å². The number of aromatic nitrogens is 2. The molecular formula is C16H13N3O2. The molecule has 1 aliphatic rings. The van der Waals surface area contributed by atoms with Gasteiger partial charge in [-0.25, -0.2) is 4.98 Å². The minimum Gasteiger partial charge on any atom is -0.436 e. The molecule has 2 aromatic heterocycles. The Labute approximate surface area is 121 Å². The number of carbonyl (C=O) groups excluding carboxylic acids is 1. The minimum atomic E-state index is 0.0883. The molecule has 5 nitrogen and oxygen atoms in total. The average Bonchev–Trinajstić information content (AvgIpc) is 3.28. The summed E-state index contributed by atoms with van der Waals surface area (Å²) in [4.78, 5) is 20.3. The molecule has 2 heterocycles. The Morgan fingerprint density at radius 1 is 1.29 bits per heavy atom. The fraction of sp³-hybridized carbons (Fsp3) is 0.188. The summed E-state index contributed by atoms with van der Waals surface area (Å²) in [6, 6.07) is 9.23. The Balaban J connectivity index is 1.66. The number of hydrogen-bond donors (Lipinski definition) is 1. The second kappa shape index (κ2) is 4.70. The first-order valence-corrected chi connectivity index (χ1v) is 6.91. The van der Waals surface area contributed by atoms with Crippen LogP contribution in [-0.4, -0.2) is 15.9 Å². The Hall–Kier alpha value is -2.69. The van der Waals surface area contributed by atoms with Gasteiger partial charge in [-0.1, -0.05) is 0 Å². The molecule has 0 saturated heterocycles. The highest BCUT2D eigenvalue weighted by Crippen LogP contribution is 2.31. The van der Waals surface area contributed by atoms with Crippen LogP contribution in [0, 0.1) is 5.92 Å². The maximum atomic E-state index is 11.8. The van der Waals surface area contributed by atoms with E-state index in [1.165, 1.54) is 0 Å². The van der Waals surface area contributed by atoms with Crippen LogP contribution in [0.15, 0.2) is 47.1 Å². The van der Waals surface area contributed by atoms with Gasteiger partial charge >= 0.3 is 0 Å². The van der Waals surface area contributed by atoms with Gasteiger partial charge in [-0.15, -0.1) is 0 Å². The van der Waals surface area contributed by atoms with Crippen LogP contribution in [-0.2, 0) is 4.79 Å². The van der Waals surface area contributed by atoms with Crippen molar-refractivity contribution in [1.82, 2.24) is 9.97 Å². The summed E-state index contributed by atoms with van der Waals surface area (Å²) in [6.45, 7) is 0.